The standard InChI is InChI=1S/C18H28Br2O2S/c1-11(2)7-6-8-12(3)9-10-18(4,5)14-13(17(21)22)15(19)23-16(14)20/h11-12H,6-10H2,1-5H3,(H,21,22). The minimum Gasteiger partial charge on any atom is -0.478 e. The Hall–Kier alpha value is 0.130. The van der Waals surface area contributed by atoms with Crippen LogP contribution in [0.4, 0.5) is 0 Å². The summed E-state index contributed by atoms with van der Waals surface area (Å²) in [5, 5.41) is 9.52. The summed E-state index contributed by atoms with van der Waals surface area (Å²) >= 11 is 8.41. The van der Waals surface area contributed by atoms with Crippen LogP contribution in [0.15, 0.2) is 7.57 Å². The Balaban J connectivity index is 2.75. The van der Waals surface area contributed by atoms with Crippen molar-refractivity contribution in [3.8, 4) is 0 Å². The number of halogens is 2. The van der Waals surface area contributed by atoms with E-state index in [1.54, 1.807) is 0 Å². The van der Waals surface area contributed by atoms with E-state index in [1.807, 2.05) is 0 Å². The Morgan fingerprint density at radius 2 is 1.74 bits per heavy atom. The molecule has 0 aliphatic rings. The molecule has 0 radical (unpaired) electrons. The van der Waals surface area contributed by atoms with Crippen molar-refractivity contribution in [2.75, 3.05) is 0 Å². The van der Waals surface area contributed by atoms with Crippen molar-refractivity contribution < 1.29 is 9.90 Å². The van der Waals surface area contributed by atoms with Gasteiger partial charge in [0, 0.05) is 0 Å². The van der Waals surface area contributed by atoms with Crippen LogP contribution < -0.4 is 0 Å². The first-order chi connectivity index (χ1) is 10.6. The highest BCUT2D eigenvalue weighted by molar-refractivity contribution is 9.12. The smallest absolute Gasteiger partial charge is 0.338 e. The molecule has 0 saturated carbocycles. The molecule has 0 bridgehead atoms. The molecule has 1 atom stereocenters. The zero-order valence-corrected chi connectivity index (χ0v) is 18.7. The third-order valence-electron chi connectivity index (χ3n) is 4.45. The van der Waals surface area contributed by atoms with Gasteiger partial charge in [-0.05, 0) is 67.5 Å². The first-order valence-electron chi connectivity index (χ1n) is 8.27. The predicted octanol–water partition coefficient (Wildman–Crippen LogP) is 7.49. The Bertz CT molecular complexity index is 535. The van der Waals surface area contributed by atoms with Gasteiger partial charge in [0.25, 0.3) is 0 Å². The molecule has 1 N–H and O–H groups in total. The first kappa shape index (κ1) is 21.2. The highest BCUT2D eigenvalue weighted by atomic mass is 79.9. The number of carbonyl (C=O) groups is 1. The van der Waals surface area contributed by atoms with Gasteiger partial charge in [-0.2, -0.15) is 0 Å². The van der Waals surface area contributed by atoms with E-state index in [0.717, 1.165) is 28.1 Å². The number of carboxylic acids is 1. The number of hydrogen-bond acceptors (Lipinski definition) is 2. The SMILES string of the molecule is CC(C)CCCC(C)CCC(C)(C)c1c(Br)sc(Br)c1C(=O)O. The minimum absolute atomic E-state index is 0.151. The van der Waals surface area contributed by atoms with Crippen molar-refractivity contribution in [3.05, 3.63) is 18.7 Å². The van der Waals surface area contributed by atoms with Gasteiger partial charge in [-0.15, -0.1) is 11.3 Å². The van der Waals surface area contributed by atoms with Crippen molar-refractivity contribution in [1.82, 2.24) is 0 Å². The number of hydrogen-bond donors (Lipinski definition) is 1. The summed E-state index contributed by atoms with van der Waals surface area (Å²) in [5.74, 6) is 0.602. The molecule has 2 nitrogen and oxygen atoms in total. The fourth-order valence-corrected chi connectivity index (χ4v) is 6.58. The Kier molecular flexibility index (Phi) is 8.29. The Morgan fingerprint density at radius 1 is 1.13 bits per heavy atom. The number of carboxylic acid groups (broad SMARTS) is 1. The van der Waals surface area contributed by atoms with Gasteiger partial charge < -0.3 is 5.11 Å². The molecule has 0 aromatic carbocycles. The van der Waals surface area contributed by atoms with Gasteiger partial charge in [-0.1, -0.05) is 53.9 Å². The zero-order valence-electron chi connectivity index (χ0n) is 14.7. The largest absolute Gasteiger partial charge is 0.478 e. The molecule has 23 heavy (non-hydrogen) atoms. The molecule has 0 aliphatic carbocycles. The summed E-state index contributed by atoms with van der Waals surface area (Å²) in [6, 6.07) is 0. The second-order valence-corrected chi connectivity index (χ2v) is 11.2. The van der Waals surface area contributed by atoms with E-state index in [9.17, 15) is 9.90 Å². The average molecular weight is 468 g/mol. The maximum atomic E-state index is 11.6. The normalized spacial score (nSPS) is 13.6. The summed E-state index contributed by atoms with van der Waals surface area (Å²) < 4.78 is 1.63. The molecule has 1 aromatic rings. The summed E-state index contributed by atoms with van der Waals surface area (Å²) in [7, 11) is 0. The molecule has 1 aromatic heterocycles. The zero-order chi connectivity index (χ0) is 17.8. The molecule has 1 rings (SSSR count). The molecule has 132 valence electrons. The minimum atomic E-state index is -0.855. The van der Waals surface area contributed by atoms with Crippen LogP contribution in [0.25, 0.3) is 0 Å². The highest BCUT2D eigenvalue weighted by Crippen LogP contribution is 2.45. The van der Waals surface area contributed by atoms with Crippen molar-refractivity contribution in [2.24, 2.45) is 11.8 Å². The van der Waals surface area contributed by atoms with E-state index in [1.165, 1.54) is 30.6 Å². The van der Waals surface area contributed by atoms with E-state index in [2.05, 4.69) is 66.5 Å². The van der Waals surface area contributed by atoms with E-state index in [-0.39, 0.29) is 5.41 Å². The molecular formula is C18H28Br2O2S. The average Bonchev–Trinajstić information content (AvgIpc) is 2.71. The lowest BCUT2D eigenvalue weighted by atomic mass is 9.78. The molecule has 1 unspecified atom stereocenters. The topological polar surface area (TPSA) is 37.3 Å². The quantitative estimate of drug-likeness (QED) is 0.408. The lowest BCUT2D eigenvalue weighted by Crippen LogP contribution is -2.21. The lowest BCUT2D eigenvalue weighted by molar-refractivity contribution is 0.0693. The van der Waals surface area contributed by atoms with Crippen LogP contribution in [0.2, 0.25) is 0 Å². The number of rotatable bonds is 9. The summed E-state index contributed by atoms with van der Waals surface area (Å²) in [6.07, 6.45) is 5.96. The van der Waals surface area contributed by atoms with Gasteiger partial charge >= 0.3 is 5.97 Å². The molecule has 0 fully saturated rings. The fourth-order valence-electron chi connectivity index (χ4n) is 2.92. The van der Waals surface area contributed by atoms with E-state index >= 15 is 0 Å². The summed E-state index contributed by atoms with van der Waals surface area (Å²) in [5.41, 5.74) is 1.19. The third kappa shape index (κ3) is 6.17. The van der Waals surface area contributed by atoms with Crippen LogP contribution in [-0.4, -0.2) is 11.1 Å². The molecule has 1 heterocycles. The predicted molar refractivity (Wildman–Crippen MR) is 107 cm³/mol. The highest BCUT2D eigenvalue weighted by Gasteiger charge is 2.32. The monoisotopic (exact) mass is 466 g/mol. The summed E-state index contributed by atoms with van der Waals surface area (Å²) in [4.78, 5) is 11.6. The molecule has 0 amide bonds. The maximum absolute atomic E-state index is 11.6. The van der Waals surface area contributed by atoms with Crippen molar-refractivity contribution in [2.45, 2.75) is 72.1 Å². The number of thiophene rings is 1. The van der Waals surface area contributed by atoms with Crippen molar-refractivity contribution in [1.29, 1.82) is 0 Å². The van der Waals surface area contributed by atoms with Crippen LogP contribution in [0.3, 0.4) is 0 Å². The Labute approximate surface area is 161 Å². The maximum Gasteiger partial charge on any atom is 0.338 e. The van der Waals surface area contributed by atoms with Crippen LogP contribution in [0, 0.1) is 11.8 Å². The second-order valence-electron chi connectivity index (χ2n) is 7.56. The van der Waals surface area contributed by atoms with Gasteiger partial charge in [-0.3, -0.25) is 0 Å². The summed E-state index contributed by atoms with van der Waals surface area (Å²) in [6.45, 7) is 11.2. The van der Waals surface area contributed by atoms with Crippen LogP contribution in [0.5, 0.6) is 0 Å². The van der Waals surface area contributed by atoms with E-state index in [0.29, 0.717) is 15.3 Å². The van der Waals surface area contributed by atoms with Crippen LogP contribution in [0.1, 0.15) is 82.6 Å². The van der Waals surface area contributed by atoms with E-state index < -0.39 is 5.97 Å². The van der Waals surface area contributed by atoms with Crippen LogP contribution >= 0.6 is 43.2 Å². The third-order valence-corrected chi connectivity index (χ3v) is 6.98. The van der Waals surface area contributed by atoms with Crippen molar-refractivity contribution >= 4 is 49.2 Å². The second kappa shape index (κ2) is 9.00. The van der Waals surface area contributed by atoms with E-state index in [4.69, 9.17) is 0 Å². The Morgan fingerprint density at radius 3 is 2.26 bits per heavy atom. The number of aromatic carboxylic acids is 1. The fraction of sp³-hybridized carbons (Fsp3) is 0.722. The molecule has 0 spiro atoms. The molecule has 0 aliphatic heterocycles. The van der Waals surface area contributed by atoms with Crippen molar-refractivity contribution in [3.63, 3.8) is 0 Å². The van der Waals surface area contributed by atoms with Crippen LogP contribution in [-0.2, 0) is 5.41 Å². The van der Waals surface area contributed by atoms with Gasteiger partial charge in [0.05, 0.1) is 13.1 Å². The lowest BCUT2D eigenvalue weighted by Gasteiger charge is -2.27. The molecule has 5 heteroatoms. The van der Waals surface area contributed by atoms with Gasteiger partial charge in [0.1, 0.15) is 0 Å². The molecular weight excluding hydrogens is 440 g/mol. The van der Waals surface area contributed by atoms with Gasteiger partial charge in [0.15, 0.2) is 0 Å². The van der Waals surface area contributed by atoms with Gasteiger partial charge in [-0.25, -0.2) is 4.79 Å². The van der Waals surface area contributed by atoms with Gasteiger partial charge in [0.2, 0.25) is 0 Å². The molecule has 0 saturated heterocycles. The first-order valence-corrected chi connectivity index (χ1v) is 10.7.